The van der Waals surface area contributed by atoms with Crippen LogP contribution < -0.4 is 5.32 Å². The van der Waals surface area contributed by atoms with Crippen LogP contribution in [0.2, 0.25) is 0 Å². The van der Waals surface area contributed by atoms with Crippen LogP contribution in [0.5, 0.6) is 0 Å². The standard InChI is InChI=1S/C9H15N5O2/c15-9(4-3-7-2-1-5-16-7)10-6-8-11-13-14-12-8/h7H,1-6H2,(H,10,15)(H,11,12,13,14). The van der Waals surface area contributed by atoms with E-state index >= 15 is 0 Å². The van der Waals surface area contributed by atoms with Crippen molar-refractivity contribution in [2.24, 2.45) is 0 Å². The van der Waals surface area contributed by atoms with Crippen LogP contribution in [0.15, 0.2) is 0 Å². The first-order chi connectivity index (χ1) is 7.84. The number of carbonyl (C=O) groups is 1. The molecule has 0 spiro atoms. The van der Waals surface area contributed by atoms with Crippen molar-refractivity contribution < 1.29 is 9.53 Å². The molecule has 0 aliphatic carbocycles. The number of hydrogen-bond acceptors (Lipinski definition) is 5. The largest absolute Gasteiger partial charge is 0.378 e. The molecule has 1 unspecified atom stereocenters. The SMILES string of the molecule is O=C(CCC1CCCO1)NCc1nn[nH]n1. The highest BCUT2D eigenvalue weighted by atomic mass is 16.5. The predicted molar refractivity (Wildman–Crippen MR) is 54.2 cm³/mol. The molecule has 0 bridgehead atoms. The molecular weight excluding hydrogens is 210 g/mol. The third-order valence-corrected chi connectivity index (χ3v) is 2.55. The van der Waals surface area contributed by atoms with Crippen LogP contribution in [0.25, 0.3) is 0 Å². The number of aromatic amines is 1. The minimum absolute atomic E-state index is 0.000278. The molecule has 16 heavy (non-hydrogen) atoms. The summed E-state index contributed by atoms with van der Waals surface area (Å²) >= 11 is 0. The van der Waals surface area contributed by atoms with Gasteiger partial charge in [-0.05, 0) is 19.3 Å². The molecule has 1 atom stereocenters. The van der Waals surface area contributed by atoms with E-state index in [1.807, 2.05) is 0 Å². The molecule has 1 aromatic heterocycles. The Morgan fingerprint density at radius 2 is 2.56 bits per heavy atom. The Balaban J connectivity index is 1.60. The molecule has 88 valence electrons. The number of H-pyrrole nitrogens is 1. The Morgan fingerprint density at radius 1 is 1.62 bits per heavy atom. The van der Waals surface area contributed by atoms with Gasteiger partial charge in [0, 0.05) is 13.0 Å². The fraction of sp³-hybridized carbons (Fsp3) is 0.778. The van der Waals surface area contributed by atoms with Crippen molar-refractivity contribution in [1.29, 1.82) is 0 Å². The average Bonchev–Trinajstić information content (AvgIpc) is 2.96. The van der Waals surface area contributed by atoms with Crippen molar-refractivity contribution in [2.75, 3.05) is 6.61 Å². The zero-order valence-electron chi connectivity index (χ0n) is 8.98. The molecule has 0 saturated carbocycles. The van der Waals surface area contributed by atoms with Crippen molar-refractivity contribution in [3.63, 3.8) is 0 Å². The minimum Gasteiger partial charge on any atom is -0.378 e. The lowest BCUT2D eigenvalue weighted by atomic mass is 10.1. The van der Waals surface area contributed by atoms with Gasteiger partial charge in [0.1, 0.15) is 0 Å². The smallest absolute Gasteiger partial charge is 0.220 e. The monoisotopic (exact) mass is 225 g/mol. The number of nitrogens with zero attached hydrogens (tertiary/aromatic N) is 3. The first-order valence-electron chi connectivity index (χ1n) is 5.45. The summed E-state index contributed by atoms with van der Waals surface area (Å²) in [5.74, 6) is 0.491. The number of rotatable bonds is 5. The molecule has 0 aromatic carbocycles. The minimum atomic E-state index is 0.000278. The van der Waals surface area contributed by atoms with E-state index in [1.54, 1.807) is 0 Å². The van der Waals surface area contributed by atoms with Crippen LogP contribution in [0, 0.1) is 0 Å². The van der Waals surface area contributed by atoms with Crippen LogP contribution in [0.1, 0.15) is 31.5 Å². The number of carbonyl (C=O) groups excluding carboxylic acids is 1. The fourth-order valence-electron chi connectivity index (χ4n) is 1.69. The highest BCUT2D eigenvalue weighted by molar-refractivity contribution is 5.75. The van der Waals surface area contributed by atoms with Crippen LogP contribution in [0.4, 0.5) is 0 Å². The quantitative estimate of drug-likeness (QED) is 0.722. The number of amides is 1. The molecule has 7 heteroatoms. The van der Waals surface area contributed by atoms with Gasteiger partial charge in [-0.25, -0.2) is 0 Å². The first kappa shape index (κ1) is 11.0. The lowest BCUT2D eigenvalue weighted by Gasteiger charge is -2.08. The lowest BCUT2D eigenvalue weighted by molar-refractivity contribution is -0.121. The van der Waals surface area contributed by atoms with E-state index in [4.69, 9.17) is 4.74 Å². The molecule has 1 amide bonds. The molecule has 1 aromatic rings. The van der Waals surface area contributed by atoms with Gasteiger partial charge in [0.15, 0.2) is 5.82 Å². The van der Waals surface area contributed by atoms with E-state index in [9.17, 15) is 4.79 Å². The van der Waals surface area contributed by atoms with E-state index in [0.29, 0.717) is 18.8 Å². The Hall–Kier alpha value is -1.50. The summed E-state index contributed by atoms with van der Waals surface area (Å²) in [5.41, 5.74) is 0. The number of nitrogens with one attached hydrogen (secondary N) is 2. The Bertz CT molecular complexity index is 321. The summed E-state index contributed by atoms with van der Waals surface area (Å²) in [6.07, 6.45) is 3.71. The van der Waals surface area contributed by atoms with Crippen LogP contribution in [0.3, 0.4) is 0 Å². The molecule has 1 saturated heterocycles. The third kappa shape index (κ3) is 3.27. The molecule has 1 aliphatic rings. The Morgan fingerprint density at radius 3 is 3.25 bits per heavy atom. The second-order valence-electron chi connectivity index (χ2n) is 3.78. The van der Waals surface area contributed by atoms with Gasteiger partial charge in [-0.1, -0.05) is 5.21 Å². The molecule has 1 aliphatic heterocycles. The molecular formula is C9H15N5O2. The summed E-state index contributed by atoms with van der Waals surface area (Å²) in [7, 11) is 0. The normalized spacial score (nSPS) is 19.9. The first-order valence-corrected chi connectivity index (χ1v) is 5.45. The molecule has 1 fully saturated rings. The summed E-state index contributed by atoms with van der Waals surface area (Å²) in [6, 6.07) is 0. The van der Waals surface area contributed by atoms with Crippen molar-refractivity contribution in [1.82, 2.24) is 25.9 Å². The van der Waals surface area contributed by atoms with E-state index in [1.165, 1.54) is 0 Å². The topological polar surface area (TPSA) is 92.8 Å². The van der Waals surface area contributed by atoms with Crippen LogP contribution in [-0.4, -0.2) is 39.2 Å². The highest BCUT2D eigenvalue weighted by Crippen LogP contribution is 2.16. The van der Waals surface area contributed by atoms with Crippen LogP contribution >= 0.6 is 0 Å². The zero-order chi connectivity index (χ0) is 11.2. The number of hydrogen-bond donors (Lipinski definition) is 2. The van der Waals surface area contributed by atoms with E-state index in [2.05, 4.69) is 25.9 Å². The molecule has 2 rings (SSSR count). The second kappa shape index (κ2) is 5.55. The molecule has 0 radical (unpaired) electrons. The van der Waals surface area contributed by atoms with Gasteiger partial charge < -0.3 is 10.1 Å². The van der Waals surface area contributed by atoms with Gasteiger partial charge in [0.2, 0.25) is 5.91 Å². The highest BCUT2D eigenvalue weighted by Gasteiger charge is 2.16. The zero-order valence-corrected chi connectivity index (χ0v) is 8.98. The third-order valence-electron chi connectivity index (χ3n) is 2.55. The van der Waals surface area contributed by atoms with Gasteiger partial charge in [-0.15, -0.1) is 10.2 Å². The molecule has 7 nitrogen and oxygen atoms in total. The Kier molecular flexibility index (Phi) is 3.81. The maximum Gasteiger partial charge on any atom is 0.220 e. The predicted octanol–water partition coefficient (Wildman–Crippen LogP) is -0.225. The Labute approximate surface area is 92.9 Å². The van der Waals surface area contributed by atoms with Gasteiger partial charge in [0.05, 0.1) is 12.6 Å². The summed E-state index contributed by atoms with van der Waals surface area (Å²) in [4.78, 5) is 11.4. The molecule has 2 heterocycles. The summed E-state index contributed by atoms with van der Waals surface area (Å²) in [5, 5.41) is 15.9. The van der Waals surface area contributed by atoms with E-state index in [0.717, 1.165) is 25.9 Å². The van der Waals surface area contributed by atoms with E-state index < -0.39 is 0 Å². The van der Waals surface area contributed by atoms with Crippen molar-refractivity contribution in [2.45, 2.75) is 38.3 Å². The maximum absolute atomic E-state index is 11.4. The van der Waals surface area contributed by atoms with E-state index in [-0.39, 0.29) is 12.0 Å². The van der Waals surface area contributed by atoms with Crippen molar-refractivity contribution >= 4 is 5.91 Å². The number of tetrazole rings is 1. The van der Waals surface area contributed by atoms with Gasteiger partial charge in [0.25, 0.3) is 0 Å². The lowest BCUT2D eigenvalue weighted by Crippen LogP contribution is -2.24. The number of aromatic nitrogens is 4. The average molecular weight is 225 g/mol. The fourth-order valence-corrected chi connectivity index (χ4v) is 1.69. The molecule has 2 N–H and O–H groups in total. The van der Waals surface area contributed by atoms with Crippen molar-refractivity contribution in [3.05, 3.63) is 5.82 Å². The van der Waals surface area contributed by atoms with Gasteiger partial charge >= 0.3 is 0 Å². The summed E-state index contributed by atoms with van der Waals surface area (Å²) in [6.45, 7) is 1.15. The van der Waals surface area contributed by atoms with Gasteiger partial charge in [-0.3, -0.25) is 4.79 Å². The van der Waals surface area contributed by atoms with Gasteiger partial charge in [-0.2, -0.15) is 5.21 Å². The van der Waals surface area contributed by atoms with Crippen molar-refractivity contribution in [3.8, 4) is 0 Å². The van der Waals surface area contributed by atoms with Crippen LogP contribution in [-0.2, 0) is 16.1 Å². The maximum atomic E-state index is 11.4. The number of ether oxygens (including phenoxy) is 1. The second-order valence-corrected chi connectivity index (χ2v) is 3.78. The summed E-state index contributed by atoms with van der Waals surface area (Å²) < 4.78 is 5.43.